The SMILES string of the molecule is COc1c(N2CCC(OC)C2)sc(C(=O)C(C)C)c1N. The second kappa shape index (κ2) is 6.01. The van der Waals surface area contributed by atoms with Gasteiger partial charge in [-0.1, -0.05) is 13.8 Å². The molecule has 1 aliphatic rings. The number of rotatable bonds is 5. The summed E-state index contributed by atoms with van der Waals surface area (Å²) in [6, 6.07) is 0. The summed E-state index contributed by atoms with van der Waals surface area (Å²) in [5.74, 6) is 0.620. The number of nitrogen functional groups attached to an aromatic ring is 1. The van der Waals surface area contributed by atoms with Gasteiger partial charge in [0.05, 0.1) is 23.8 Å². The van der Waals surface area contributed by atoms with Crippen molar-refractivity contribution < 1.29 is 14.3 Å². The van der Waals surface area contributed by atoms with E-state index in [1.54, 1.807) is 14.2 Å². The van der Waals surface area contributed by atoms with Crippen LogP contribution in [-0.2, 0) is 4.74 Å². The number of Topliss-reactive ketones (excluding diaryl/α,β-unsaturated/α-hetero) is 1. The Morgan fingerprint density at radius 2 is 2.15 bits per heavy atom. The average Bonchev–Trinajstić information content (AvgIpc) is 3.01. The predicted octanol–water partition coefficient (Wildman–Crippen LogP) is 2.40. The van der Waals surface area contributed by atoms with Crippen LogP contribution in [-0.4, -0.2) is 39.2 Å². The summed E-state index contributed by atoms with van der Waals surface area (Å²) in [6.45, 7) is 5.46. The quantitative estimate of drug-likeness (QED) is 0.846. The van der Waals surface area contributed by atoms with Gasteiger partial charge in [0.25, 0.3) is 0 Å². The Morgan fingerprint density at radius 1 is 1.45 bits per heavy atom. The van der Waals surface area contributed by atoms with Crippen LogP contribution in [0.1, 0.15) is 29.9 Å². The maximum Gasteiger partial charge on any atom is 0.177 e. The summed E-state index contributed by atoms with van der Waals surface area (Å²) in [4.78, 5) is 15.0. The number of ether oxygens (including phenoxy) is 2. The number of hydrogen-bond donors (Lipinski definition) is 1. The predicted molar refractivity (Wildman–Crippen MR) is 82.1 cm³/mol. The van der Waals surface area contributed by atoms with Gasteiger partial charge in [-0.25, -0.2) is 0 Å². The minimum atomic E-state index is -0.0705. The molecule has 1 fully saturated rings. The lowest BCUT2D eigenvalue weighted by atomic mass is 10.1. The first-order chi connectivity index (χ1) is 9.49. The van der Waals surface area contributed by atoms with Crippen LogP contribution < -0.4 is 15.4 Å². The van der Waals surface area contributed by atoms with Gasteiger partial charge in [-0.3, -0.25) is 4.79 Å². The van der Waals surface area contributed by atoms with Gasteiger partial charge in [0.2, 0.25) is 0 Å². The first-order valence-electron chi connectivity index (χ1n) is 6.77. The van der Waals surface area contributed by atoms with Crippen molar-refractivity contribution in [3.8, 4) is 5.75 Å². The van der Waals surface area contributed by atoms with E-state index in [0.29, 0.717) is 16.3 Å². The molecule has 5 nitrogen and oxygen atoms in total. The highest BCUT2D eigenvalue weighted by Crippen LogP contribution is 2.46. The minimum absolute atomic E-state index is 0.0690. The normalized spacial score (nSPS) is 18.9. The van der Waals surface area contributed by atoms with Gasteiger partial charge >= 0.3 is 0 Å². The Labute approximate surface area is 123 Å². The second-order valence-electron chi connectivity index (χ2n) is 5.29. The van der Waals surface area contributed by atoms with Crippen LogP contribution in [0.2, 0.25) is 0 Å². The molecule has 0 amide bonds. The molecule has 20 heavy (non-hydrogen) atoms. The van der Waals surface area contributed by atoms with Gasteiger partial charge in [0.1, 0.15) is 5.00 Å². The zero-order valence-corrected chi connectivity index (χ0v) is 13.3. The molecule has 0 aromatic carbocycles. The molecular formula is C14H22N2O3S. The van der Waals surface area contributed by atoms with Crippen LogP contribution in [0.15, 0.2) is 0 Å². The van der Waals surface area contributed by atoms with Crippen molar-refractivity contribution in [2.45, 2.75) is 26.4 Å². The molecule has 2 heterocycles. The van der Waals surface area contributed by atoms with Gasteiger partial charge in [-0.15, -0.1) is 11.3 Å². The molecule has 1 unspecified atom stereocenters. The van der Waals surface area contributed by atoms with Crippen LogP contribution in [0.3, 0.4) is 0 Å². The van der Waals surface area contributed by atoms with Crippen LogP contribution >= 0.6 is 11.3 Å². The zero-order valence-electron chi connectivity index (χ0n) is 12.4. The van der Waals surface area contributed by atoms with E-state index in [0.717, 1.165) is 24.5 Å². The molecule has 0 radical (unpaired) electrons. The highest BCUT2D eigenvalue weighted by Gasteiger charge is 2.30. The van der Waals surface area contributed by atoms with Crippen molar-refractivity contribution in [1.82, 2.24) is 0 Å². The molecular weight excluding hydrogens is 276 g/mol. The number of thiophene rings is 1. The topological polar surface area (TPSA) is 64.8 Å². The Bertz CT molecular complexity index is 499. The fraction of sp³-hybridized carbons (Fsp3) is 0.643. The zero-order chi connectivity index (χ0) is 14.9. The number of nitrogens with two attached hydrogens (primary N) is 1. The maximum absolute atomic E-state index is 12.2. The van der Waals surface area contributed by atoms with Crippen LogP contribution in [0, 0.1) is 5.92 Å². The molecule has 2 rings (SSSR count). The molecule has 1 saturated heterocycles. The van der Waals surface area contributed by atoms with Crippen molar-refractivity contribution in [3.63, 3.8) is 0 Å². The summed E-state index contributed by atoms with van der Waals surface area (Å²) < 4.78 is 10.8. The molecule has 1 aromatic rings. The van der Waals surface area contributed by atoms with E-state index >= 15 is 0 Å². The van der Waals surface area contributed by atoms with Gasteiger partial charge in [0.15, 0.2) is 11.5 Å². The largest absolute Gasteiger partial charge is 0.492 e. The Kier molecular flexibility index (Phi) is 4.55. The molecule has 0 saturated carbocycles. The van der Waals surface area contributed by atoms with E-state index in [9.17, 15) is 4.79 Å². The van der Waals surface area contributed by atoms with Gasteiger partial charge in [-0.05, 0) is 6.42 Å². The van der Waals surface area contributed by atoms with Gasteiger partial charge in [0, 0.05) is 26.1 Å². The third kappa shape index (κ3) is 2.62. The second-order valence-corrected chi connectivity index (χ2v) is 6.29. The lowest BCUT2D eigenvalue weighted by molar-refractivity contribution is 0.0944. The third-order valence-electron chi connectivity index (χ3n) is 3.60. The summed E-state index contributed by atoms with van der Waals surface area (Å²) >= 11 is 1.43. The highest BCUT2D eigenvalue weighted by atomic mass is 32.1. The summed E-state index contributed by atoms with van der Waals surface area (Å²) in [5.41, 5.74) is 6.56. The average molecular weight is 298 g/mol. The van der Waals surface area contributed by atoms with Crippen molar-refractivity contribution in [1.29, 1.82) is 0 Å². The summed E-state index contributed by atoms with van der Waals surface area (Å²) in [6.07, 6.45) is 1.21. The lowest BCUT2D eigenvalue weighted by Crippen LogP contribution is -2.21. The molecule has 2 N–H and O–H groups in total. The van der Waals surface area contributed by atoms with Crippen LogP contribution in [0.5, 0.6) is 5.75 Å². The van der Waals surface area contributed by atoms with Crippen molar-refractivity contribution in [2.75, 3.05) is 37.9 Å². The molecule has 1 aliphatic heterocycles. The van der Waals surface area contributed by atoms with E-state index in [1.165, 1.54) is 11.3 Å². The Morgan fingerprint density at radius 3 is 2.65 bits per heavy atom. The van der Waals surface area contributed by atoms with Crippen LogP contribution in [0.25, 0.3) is 0 Å². The van der Waals surface area contributed by atoms with Gasteiger partial charge < -0.3 is 20.1 Å². The van der Waals surface area contributed by atoms with E-state index < -0.39 is 0 Å². The third-order valence-corrected chi connectivity index (χ3v) is 4.86. The number of carbonyl (C=O) groups excluding carboxylic acids is 1. The van der Waals surface area contributed by atoms with Crippen molar-refractivity contribution >= 4 is 27.8 Å². The van der Waals surface area contributed by atoms with Crippen LogP contribution in [0.4, 0.5) is 10.7 Å². The molecule has 6 heteroatoms. The molecule has 1 aromatic heterocycles. The first kappa shape index (κ1) is 15.1. The van der Waals surface area contributed by atoms with Gasteiger partial charge in [-0.2, -0.15) is 0 Å². The smallest absolute Gasteiger partial charge is 0.177 e. The first-order valence-corrected chi connectivity index (χ1v) is 7.59. The standard InChI is InChI=1S/C14H22N2O3S/c1-8(2)11(17)13-10(15)12(19-4)14(20-13)16-6-5-9(7-16)18-3/h8-9H,5-7,15H2,1-4H3. The van der Waals surface area contributed by atoms with E-state index in [2.05, 4.69) is 4.90 Å². The van der Waals surface area contributed by atoms with E-state index in [1.807, 2.05) is 13.8 Å². The monoisotopic (exact) mass is 298 g/mol. The number of carbonyl (C=O) groups is 1. The number of methoxy groups -OCH3 is 2. The summed E-state index contributed by atoms with van der Waals surface area (Å²) in [7, 11) is 3.32. The molecule has 0 aliphatic carbocycles. The molecule has 0 bridgehead atoms. The molecule has 0 spiro atoms. The number of hydrogen-bond acceptors (Lipinski definition) is 6. The van der Waals surface area contributed by atoms with E-state index in [4.69, 9.17) is 15.2 Å². The lowest BCUT2D eigenvalue weighted by Gasteiger charge is -2.17. The maximum atomic E-state index is 12.2. The molecule has 112 valence electrons. The van der Waals surface area contributed by atoms with Crippen molar-refractivity contribution in [2.24, 2.45) is 5.92 Å². The molecule has 1 atom stereocenters. The highest BCUT2D eigenvalue weighted by molar-refractivity contribution is 7.19. The summed E-state index contributed by atoms with van der Waals surface area (Å²) in [5, 5.41) is 0.938. The number of anilines is 2. The fourth-order valence-corrected chi connectivity index (χ4v) is 3.69. The fourth-order valence-electron chi connectivity index (χ4n) is 2.37. The Hall–Kier alpha value is -1.27. The van der Waals surface area contributed by atoms with E-state index in [-0.39, 0.29) is 17.8 Å². The Balaban J connectivity index is 2.34. The number of nitrogens with zero attached hydrogens (tertiary/aromatic N) is 1. The number of ketones is 1. The van der Waals surface area contributed by atoms with Crippen molar-refractivity contribution in [3.05, 3.63) is 4.88 Å². The minimum Gasteiger partial charge on any atom is -0.492 e.